The van der Waals surface area contributed by atoms with E-state index in [1.54, 1.807) is 18.7 Å². The van der Waals surface area contributed by atoms with Crippen LogP contribution in [0.15, 0.2) is 0 Å². The summed E-state index contributed by atoms with van der Waals surface area (Å²) in [4.78, 5) is 10.9. The van der Waals surface area contributed by atoms with Gasteiger partial charge in [0.1, 0.15) is 6.61 Å². The van der Waals surface area contributed by atoms with E-state index in [1.165, 1.54) is 0 Å². The largest absolute Gasteiger partial charge is 0.462 e. The van der Waals surface area contributed by atoms with Gasteiger partial charge >= 0.3 is 5.97 Å². The summed E-state index contributed by atoms with van der Waals surface area (Å²) in [5.74, 6) is 1.12. The number of carbonyl (C=O) groups is 1. The molecular formula is C8H16O3S. The average Bonchev–Trinajstić information content (AvgIpc) is 2.01. The van der Waals surface area contributed by atoms with Crippen molar-refractivity contribution in [3.63, 3.8) is 0 Å². The van der Waals surface area contributed by atoms with Gasteiger partial charge in [-0.3, -0.25) is 4.79 Å². The first-order chi connectivity index (χ1) is 5.66. The number of hydrogen-bond acceptors (Lipinski definition) is 4. The fourth-order valence-electron chi connectivity index (χ4n) is 0.555. The zero-order valence-electron chi connectivity index (χ0n) is 7.58. The van der Waals surface area contributed by atoms with E-state index >= 15 is 0 Å². The quantitative estimate of drug-likeness (QED) is 0.505. The predicted molar refractivity (Wildman–Crippen MR) is 50.3 cm³/mol. The maximum Gasteiger partial charge on any atom is 0.315 e. The topological polar surface area (TPSA) is 46.5 Å². The minimum absolute atomic E-state index is 0.103. The van der Waals surface area contributed by atoms with Crippen LogP contribution in [-0.4, -0.2) is 35.3 Å². The van der Waals surface area contributed by atoms with Crippen LogP contribution in [0.5, 0.6) is 0 Å². The lowest BCUT2D eigenvalue weighted by Gasteiger charge is -2.05. The van der Waals surface area contributed by atoms with Gasteiger partial charge in [-0.1, -0.05) is 6.92 Å². The summed E-state index contributed by atoms with van der Waals surface area (Å²) in [7, 11) is 0. The van der Waals surface area contributed by atoms with Gasteiger partial charge in [-0.05, 0) is 19.1 Å². The molecule has 0 aliphatic carbocycles. The van der Waals surface area contributed by atoms with Crippen LogP contribution in [0.4, 0.5) is 0 Å². The van der Waals surface area contributed by atoms with Gasteiger partial charge in [-0.2, -0.15) is 11.8 Å². The third-order valence-corrected chi connectivity index (χ3v) is 2.19. The van der Waals surface area contributed by atoms with Crippen LogP contribution in [0.2, 0.25) is 0 Å². The third kappa shape index (κ3) is 7.88. The molecular weight excluding hydrogens is 176 g/mol. The van der Waals surface area contributed by atoms with E-state index in [2.05, 4.69) is 6.92 Å². The number of aliphatic hydroxyl groups is 1. The van der Waals surface area contributed by atoms with Crippen LogP contribution in [0, 0.1) is 0 Å². The Morgan fingerprint density at radius 1 is 1.67 bits per heavy atom. The Bertz CT molecular complexity index is 125. The van der Waals surface area contributed by atoms with Crippen molar-refractivity contribution in [1.82, 2.24) is 0 Å². The number of carbonyl (C=O) groups excluding carboxylic acids is 1. The first-order valence-corrected chi connectivity index (χ1v) is 5.23. The molecule has 0 rings (SSSR count). The molecule has 0 aliphatic rings. The molecule has 1 unspecified atom stereocenters. The number of thioether (sulfide) groups is 1. The van der Waals surface area contributed by atoms with Crippen molar-refractivity contribution in [2.24, 2.45) is 0 Å². The van der Waals surface area contributed by atoms with E-state index in [-0.39, 0.29) is 12.6 Å². The molecule has 0 bridgehead atoms. The molecule has 1 N–H and O–H groups in total. The molecule has 0 aromatic carbocycles. The Balaban J connectivity index is 3.22. The summed E-state index contributed by atoms with van der Waals surface area (Å²) < 4.78 is 4.74. The molecule has 0 amide bonds. The lowest BCUT2D eigenvalue weighted by Crippen LogP contribution is -2.16. The average molecular weight is 192 g/mol. The number of rotatable bonds is 6. The molecule has 72 valence electrons. The van der Waals surface area contributed by atoms with Gasteiger partial charge in [0.2, 0.25) is 0 Å². The van der Waals surface area contributed by atoms with Crippen LogP contribution in [0.3, 0.4) is 0 Å². The maximum atomic E-state index is 10.9. The normalized spacial score (nSPS) is 12.6. The maximum absolute atomic E-state index is 10.9. The molecule has 1 atom stereocenters. The molecule has 0 aromatic heterocycles. The van der Waals surface area contributed by atoms with Crippen LogP contribution in [0.25, 0.3) is 0 Å². The predicted octanol–water partition coefficient (Wildman–Crippen LogP) is 1.05. The second-order valence-corrected chi connectivity index (χ2v) is 3.69. The first-order valence-electron chi connectivity index (χ1n) is 4.08. The minimum Gasteiger partial charge on any atom is -0.462 e. The molecule has 0 heterocycles. The molecule has 0 spiro atoms. The molecule has 0 radical (unpaired) electrons. The molecule has 0 saturated heterocycles. The van der Waals surface area contributed by atoms with Crippen molar-refractivity contribution in [1.29, 1.82) is 0 Å². The van der Waals surface area contributed by atoms with Gasteiger partial charge in [0.25, 0.3) is 0 Å². The van der Waals surface area contributed by atoms with Gasteiger partial charge in [-0.15, -0.1) is 0 Å². The Morgan fingerprint density at radius 2 is 2.33 bits per heavy atom. The van der Waals surface area contributed by atoms with Gasteiger partial charge in [0.15, 0.2) is 0 Å². The summed E-state index contributed by atoms with van der Waals surface area (Å²) in [5, 5.41) is 8.79. The Morgan fingerprint density at radius 3 is 2.83 bits per heavy atom. The smallest absolute Gasteiger partial charge is 0.315 e. The Hall–Kier alpha value is -0.220. The van der Waals surface area contributed by atoms with Crippen molar-refractivity contribution < 1.29 is 14.6 Å². The van der Waals surface area contributed by atoms with Crippen LogP contribution in [-0.2, 0) is 9.53 Å². The van der Waals surface area contributed by atoms with Crippen molar-refractivity contribution in [3.05, 3.63) is 0 Å². The lowest BCUT2D eigenvalue weighted by molar-refractivity contribution is -0.143. The van der Waals surface area contributed by atoms with Crippen molar-refractivity contribution in [3.8, 4) is 0 Å². The molecule has 4 heteroatoms. The van der Waals surface area contributed by atoms with Gasteiger partial charge in [0.05, 0.1) is 11.9 Å². The second-order valence-electron chi connectivity index (χ2n) is 2.58. The number of aliphatic hydroxyl groups excluding tert-OH is 1. The van der Waals surface area contributed by atoms with Gasteiger partial charge in [0, 0.05) is 0 Å². The fraction of sp³-hybridized carbons (Fsp3) is 0.875. The van der Waals surface area contributed by atoms with E-state index in [9.17, 15) is 4.79 Å². The minimum atomic E-state index is -0.565. The molecule has 0 aromatic rings. The van der Waals surface area contributed by atoms with Crippen molar-refractivity contribution >= 4 is 17.7 Å². The number of hydrogen-bond donors (Lipinski definition) is 1. The fourth-order valence-corrected chi connectivity index (χ4v) is 1.24. The highest BCUT2D eigenvalue weighted by Crippen LogP contribution is 2.02. The molecule has 3 nitrogen and oxygen atoms in total. The Labute approximate surface area is 77.5 Å². The number of esters is 1. The van der Waals surface area contributed by atoms with Crippen LogP contribution >= 0.6 is 11.8 Å². The first kappa shape index (κ1) is 11.8. The molecule has 12 heavy (non-hydrogen) atoms. The zero-order chi connectivity index (χ0) is 9.40. The summed E-state index contributed by atoms with van der Waals surface area (Å²) in [6, 6.07) is 0. The monoisotopic (exact) mass is 192 g/mol. The summed E-state index contributed by atoms with van der Waals surface area (Å²) >= 11 is 1.56. The van der Waals surface area contributed by atoms with E-state index in [1.807, 2.05) is 0 Å². The molecule has 0 fully saturated rings. The van der Waals surface area contributed by atoms with Crippen LogP contribution in [0.1, 0.15) is 20.3 Å². The highest BCUT2D eigenvalue weighted by Gasteiger charge is 2.03. The lowest BCUT2D eigenvalue weighted by atomic mass is 10.4. The standard InChI is InChI=1S/C8H16O3S/c1-3-4-12-6-8(10)11-5-7(2)9/h7,9H,3-6H2,1-2H3. The van der Waals surface area contributed by atoms with Gasteiger partial charge in [-0.25, -0.2) is 0 Å². The van der Waals surface area contributed by atoms with Gasteiger partial charge < -0.3 is 9.84 Å². The zero-order valence-corrected chi connectivity index (χ0v) is 8.39. The van der Waals surface area contributed by atoms with Crippen molar-refractivity contribution in [2.75, 3.05) is 18.1 Å². The van der Waals surface area contributed by atoms with E-state index in [4.69, 9.17) is 9.84 Å². The van der Waals surface area contributed by atoms with E-state index in [0.29, 0.717) is 5.75 Å². The highest BCUT2D eigenvalue weighted by atomic mass is 32.2. The van der Waals surface area contributed by atoms with E-state index in [0.717, 1.165) is 12.2 Å². The number of ether oxygens (including phenoxy) is 1. The second kappa shape index (κ2) is 7.43. The third-order valence-electron chi connectivity index (χ3n) is 1.05. The van der Waals surface area contributed by atoms with Crippen molar-refractivity contribution in [2.45, 2.75) is 26.4 Å². The summed E-state index contributed by atoms with van der Waals surface area (Å²) in [5.41, 5.74) is 0. The van der Waals surface area contributed by atoms with Crippen LogP contribution < -0.4 is 0 Å². The molecule has 0 aliphatic heterocycles. The molecule has 0 saturated carbocycles. The highest BCUT2D eigenvalue weighted by molar-refractivity contribution is 7.99. The summed E-state index contributed by atoms with van der Waals surface area (Å²) in [6.45, 7) is 3.76. The van der Waals surface area contributed by atoms with E-state index < -0.39 is 6.10 Å². The Kier molecular flexibility index (Phi) is 7.29. The summed E-state index contributed by atoms with van der Waals surface area (Å²) in [6.07, 6.45) is 0.499. The SMILES string of the molecule is CCCSCC(=O)OCC(C)O.